The maximum absolute atomic E-state index is 8.86. The molecule has 0 bridgehead atoms. The molecule has 0 atom stereocenters. The summed E-state index contributed by atoms with van der Waals surface area (Å²) < 4.78 is 0. The summed E-state index contributed by atoms with van der Waals surface area (Å²) in [5.41, 5.74) is 0. The lowest BCUT2D eigenvalue weighted by atomic mass is 10.8. The average Bonchev–Trinajstić information content (AvgIpc) is 2.06. The average molecular weight is 338 g/mol. The van der Waals surface area contributed by atoms with Crippen molar-refractivity contribution in [3.63, 3.8) is 0 Å². The first-order chi connectivity index (χ1) is 6.24. The molecule has 0 aliphatic carbocycles. The zero-order chi connectivity index (χ0) is 10.2. The normalized spacial score (nSPS) is 11.1. The maximum atomic E-state index is 8.86. The second-order valence-corrected chi connectivity index (χ2v) is 7.60. The van der Waals surface area contributed by atoms with Gasteiger partial charge in [-0.05, 0) is 0 Å². The highest BCUT2D eigenvalue weighted by Crippen LogP contribution is 2.57. The zero-order valence-corrected chi connectivity index (χ0v) is 11.3. The Bertz CT molecular complexity index is 96.4. The number of hydrogen-bond acceptors (Lipinski definition) is 4. The van der Waals surface area contributed by atoms with Gasteiger partial charge in [0.25, 0.3) is 0 Å². The Labute approximate surface area is 103 Å². The molecule has 88 valence electrons. The van der Waals surface area contributed by atoms with E-state index in [1.54, 1.807) is 0 Å². The zero-order valence-electron chi connectivity index (χ0n) is 8.27. The third kappa shape index (κ3) is 6.48. The summed E-state index contributed by atoms with van der Waals surface area (Å²) in [6.45, 7) is 0.309. The molecule has 0 aromatic heterocycles. The molecular formula is C8H20IO4P. The van der Waals surface area contributed by atoms with Crippen LogP contribution in [-0.2, 0) is 0 Å². The van der Waals surface area contributed by atoms with Crippen LogP contribution in [-0.4, -0.2) is 71.5 Å². The van der Waals surface area contributed by atoms with Crippen molar-refractivity contribution in [1.82, 2.24) is 0 Å². The highest BCUT2D eigenvalue weighted by Gasteiger charge is 2.34. The largest absolute Gasteiger partial charge is 1.00 e. The summed E-state index contributed by atoms with van der Waals surface area (Å²) in [6.07, 6.45) is 2.53. The van der Waals surface area contributed by atoms with Gasteiger partial charge in [0.2, 0.25) is 0 Å². The van der Waals surface area contributed by atoms with Crippen LogP contribution in [0, 0.1) is 0 Å². The lowest BCUT2D eigenvalue weighted by molar-refractivity contribution is -0.00000766. The molecule has 0 aromatic rings. The molecule has 0 heterocycles. The molecule has 0 amide bonds. The van der Waals surface area contributed by atoms with E-state index in [0.29, 0.717) is 24.6 Å². The van der Waals surface area contributed by atoms with Gasteiger partial charge in [0.1, 0.15) is 0 Å². The van der Waals surface area contributed by atoms with Gasteiger partial charge in [-0.15, -0.1) is 0 Å². The fourth-order valence-electron chi connectivity index (χ4n) is 1.52. The van der Waals surface area contributed by atoms with Gasteiger partial charge in [-0.3, -0.25) is 0 Å². The van der Waals surface area contributed by atoms with Crippen molar-refractivity contribution in [1.29, 1.82) is 0 Å². The van der Waals surface area contributed by atoms with E-state index in [4.69, 9.17) is 20.4 Å². The number of aliphatic hydroxyl groups excluding tert-OH is 4. The van der Waals surface area contributed by atoms with E-state index in [-0.39, 0.29) is 50.4 Å². The van der Waals surface area contributed by atoms with E-state index in [9.17, 15) is 0 Å². The van der Waals surface area contributed by atoms with Crippen molar-refractivity contribution in [3.05, 3.63) is 0 Å². The second kappa shape index (κ2) is 10.5. The summed E-state index contributed by atoms with van der Waals surface area (Å²) in [5.74, 6) is 0. The molecule has 0 radical (unpaired) electrons. The van der Waals surface area contributed by atoms with Crippen LogP contribution in [0.2, 0.25) is 0 Å². The lowest BCUT2D eigenvalue weighted by Crippen LogP contribution is -3.00. The minimum absolute atomic E-state index is 0. The Morgan fingerprint density at radius 3 is 0.929 bits per heavy atom. The van der Waals surface area contributed by atoms with Gasteiger partial charge < -0.3 is 44.4 Å². The van der Waals surface area contributed by atoms with Crippen molar-refractivity contribution >= 4 is 7.26 Å². The fourth-order valence-corrected chi connectivity index (χ4v) is 4.56. The topological polar surface area (TPSA) is 80.9 Å². The molecule has 0 rings (SSSR count). The molecule has 0 saturated carbocycles. The summed E-state index contributed by atoms with van der Waals surface area (Å²) in [4.78, 5) is 0. The van der Waals surface area contributed by atoms with Crippen LogP contribution in [0.15, 0.2) is 0 Å². The molecule has 0 aliphatic heterocycles. The summed E-state index contributed by atoms with van der Waals surface area (Å²) >= 11 is 0. The van der Waals surface area contributed by atoms with E-state index in [0.717, 1.165) is 0 Å². The Kier molecular flexibility index (Phi) is 13.1. The van der Waals surface area contributed by atoms with Gasteiger partial charge in [-0.2, -0.15) is 0 Å². The van der Waals surface area contributed by atoms with Gasteiger partial charge in [-0.1, -0.05) is 0 Å². The fraction of sp³-hybridized carbons (Fsp3) is 1.00. The van der Waals surface area contributed by atoms with Crippen molar-refractivity contribution < 1.29 is 44.4 Å². The molecule has 4 nitrogen and oxygen atoms in total. The van der Waals surface area contributed by atoms with E-state index < -0.39 is 7.26 Å². The first-order valence-corrected chi connectivity index (χ1v) is 7.06. The van der Waals surface area contributed by atoms with Crippen molar-refractivity contribution in [2.45, 2.75) is 0 Å². The SMILES string of the molecule is OCC[P+](CCO)(CCO)CCO.[I-]. The molecule has 0 aromatic carbocycles. The number of aliphatic hydroxyl groups is 4. The molecule has 0 unspecified atom stereocenters. The molecule has 14 heavy (non-hydrogen) atoms. The van der Waals surface area contributed by atoms with Crippen LogP contribution in [0.4, 0.5) is 0 Å². The summed E-state index contributed by atoms with van der Waals surface area (Å²) in [6, 6.07) is 0. The Hall–Kier alpha value is 1.00. The number of rotatable bonds is 8. The monoisotopic (exact) mass is 338 g/mol. The molecular weight excluding hydrogens is 318 g/mol. The van der Waals surface area contributed by atoms with Gasteiger partial charge in [0.05, 0.1) is 51.1 Å². The van der Waals surface area contributed by atoms with Gasteiger partial charge in [0.15, 0.2) is 0 Å². The third-order valence-corrected chi connectivity index (χ3v) is 6.89. The van der Waals surface area contributed by atoms with Gasteiger partial charge in [-0.25, -0.2) is 0 Å². The lowest BCUT2D eigenvalue weighted by Gasteiger charge is -2.24. The minimum Gasteiger partial charge on any atom is -1.00 e. The first-order valence-electron chi connectivity index (χ1n) is 4.53. The molecule has 0 spiro atoms. The highest BCUT2D eigenvalue weighted by atomic mass is 127. The van der Waals surface area contributed by atoms with Crippen LogP contribution in [0.1, 0.15) is 0 Å². The van der Waals surface area contributed by atoms with Crippen LogP contribution >= 0.6 is 7.26 Å². The molecule has 4 N–H and O–H groups in total. The van der Waals surface area contributed by atoms with Crippen LogP contribution in [0.5, 0.6) is 0 Å². The Morgan fingerprint density at radius 2 is 0.786 bits per heavy atom. The van der Waals surface area contributed by atoms with E-state index in [1.165, 1.54) is 0 Å². The maximum Gasteiger partial charge on any atom is 0.0827 e. The van der Waals surface area contributed by atoms with E-state index in [2.05, 4.69) is 0 Å². The number of halogens is 1. The van der Waals surface area contributed by atoms with Gasteiger partial charge >= 0.3 is 0 Å². The van der Waals surface area contributed by atoms with Crippen LogP contribution in [0.25, 0.3) is 0 Å². The summed E-state index contributed by atoms with van der Waals surface area (Å²) in [5, 5.41) is 35.5. The number of hydrogen-bond donors (Lipinski definition) is 4. The summed E-state index contributed by atoms with van der Waals surface area (Å²) in [7, 11) is -1.50. The van der Waals surface area contributed by atoms with Crippen molar-refractivity contribution in [3.8, 4) is 0 Å². The third-order valence-electron chi connectivity index (χ3n) is 2.30. The molecule has 0 fully saturated rings. The minimum atomic E-state index is -1.50. The van der Waals surface area contributed by atoms with E-state index >= 15 is 0 Å². The standard InChI is InChI=1S/C8H20O4P.HI/c9-1-5-13(6-2-10,7-3-11)8-4-12;/h9-12H,1-8H2;1H/q+1;/p-1. The molecule has 6 heteroatoms. The second-order valence-electron chi connectivity index (χ2n) is 3.13. The Morgan fingerprint density at radius 1 is 0.571 bits per heavy atom. The van der Waals surface area contributed by atoms with Crippen LogP contribution < -0.4 is 24.0 Å². The highest BCUT2D eigenvalue weighted by molar-refractivity contribution is 7.76. The molecule has 0 aliphatic rings. The Balaban J connectivity index is 0. The quantitative estimate of drug-likeness (QED) is 0.269. The van der Waals surface area contributed by atoms with Crippen molar-refractivity contribution in [2.24, 2.45) is 0 Å². The van der Waals surface area contributed by atoms with Crippen LogP contribution in [0.3, 0.4) is 0 Å². The predicted molar refractivity (Wildman–Crippen MR) is 54.7 cm³/mol. The molecule has 0 saturated heterocycles. The van der Waals surface area contributed by atoms with Gasteiger partial charge in [0, 0.05) is 7.26 Å². The predicted octanol–water partition coefficient (Wildman–Crippen LogP) is -4.02. The first kappa shape index (κ1) is 17.4. The van der Waals surface area contributed by atoms with Crippen molar-refractivity contribution in [2.75, 3.05) is 51.1 Å². The smallest absolute Gasteiger partial charge is 0.0827 e. The van der Waals surface area contributed by atoms with E-state index in [1.807, 2.05) is 0 Å².